The van der Waals surface area contributed by atoms with Gasteiger partial charge in [-0.25, -0.2) is 0 Å². The zero-order chi connectivity index (χ0) is 16.2. The van der Waals surface area contributed by atoms with Gasteiger partial charge in [0.05, 0.1) is 18.7 Å². The maximum absolute atomic E-state index is 5.47. The molecule has 2 aromatic rings. The van der Waals surface area contributed by atoms with Gasteiger partial charge in [0.2, 0.25) is 0 Å². The molecule has 1 fully saturated rings. The molecule has 2 unspecified atom stereocenters. The zero-order valence-corrected chi connectivity index (χ0v) is 14.4. The summed E-state index contributed by atoms with van der Waals surface area (Å²) in [5, 5.41) is 4.93. The van der Waals surface area contributed by atoms with Crippen LogP contribution in [0.4, 0.5) is 5.69 Å². The number of aromatic nitrogens is 1. The monoisotopic (exact) mass is 313 g/mol. The summed E-state index contributed by atoms with van der Waals surface area (Å²) in [6, 6.07) is 11.4. The van der Waals surface area contributed by atoms with Crippen molar-refractivity contribution in [1.82, 2.24) is 9.88 Å². The molecule has 0 radical (unpaired) electrons. The minimum atomic E-state index is 0.364. The average Bonchev–Trinajstić information content (AvgIpc) is 2.61. The van der Waals surface area contributed by atoms with E-state index in [1.165, 1.54) is 11.1 Å². The summed E-state index contributed by atoms with van der Waals surface area (Å²) in [4.78, 5) is 7.23. The maximum atomic E-state index is 5.47. The van der Waals surface area contributed by atoms with Crippen molar-refractivity contribution < 1.29 is 4.74 Å². The van der Waals surface area contributed by atoms with Crippen molar-refractivity contribution in [1.29, 1.82) is 0 Å². The molecular weight excluding hydrogens is 286 g/mol. The van der Waals surface area contributed by atoms with Crippen LogP contribution in [0.1, 0.15) is 26.5 Å². The summed E-state index contributed by atoms with van der Waals surface area (Å²) in [7, 11) is 0. The first-order chi connectivity index (χ1) is 11.2. The van der Waals surface area contributed by atoms with Gasteiger partial charge in [0.25, 0.3) is 0 Å². The van der Waals surface area contributed by atoms with Crippen molar-refractivity contribution in [3.05, 3.63) is 36.0 Å². The first kappa shape index (κ1) is 16.2. The zero-order valence-electron chi connectivity index (χ0n) is 14.4. The summed E-state index contributed by atoms with van der Waals surface area (Å²) in [6.07, 6.45) is 0.951. The lowest BCUT2D eigenvalue weighted by Gasteiger charge is -2.36. The number of nitrogens with one attached hydrogen (secondary N) is 1. The molecule has 0 bridgehead atoms. The van der Waals surface area contributed by atoms with Crippen LogP contribution in [0.15, 0.2) is 30.3 Å². The van der Waals surface area contributed by atoms with Gasteiger partial charge in [-0.3, -0.25) is 9.88 Å². The van der Waals surface area contributed by atoms with E-state index < -0.39 is 0 Å². The molecule has 1 aliphatic heterocycles. The molecule has 1 saturated heterocycles. The Hall–Kier alpha value is -1.65. The molecule has 1 aromatic carbocycles. The number of morpholine rings is 1. The molecular formula is C19H27N3O. The molecule has 3 rings (SSSR count). The summed E-state index contributed by atoms with van der Waals surface area (Å²) in [5.41, 5.74) is 3.40. The second-order valence-corrected chi connectivity index (χ2v) is 6.35. The molecule has 1 aromatic heterocycles. The molecule has 0 spiro atoms. The predicted molar refractivity (Wildman–Crippen MR) is 96.1 cm³/mol. The van der Waals surface area contributed by atoms with Crippen molar-refractivity contribution in [2.45, 2.75) is 39.3 Å². The van der Waals surface area contributed by atoms with E-state index in [1.807, 2.05) is 0 Å². The van der Waals surface area contributed by atoms with Crippen LogP contribution in [0, 0.1) is 0 Å². The van der Waals surface area contributed by atoms with Crippen LogP contribution < -0.4 is 5.32 Å². The van der Waals surface area contributed by atoms with Crippen LogP contribution >= 0.6 is 0 Å². The Labute approximate surface area is 138 Å². The van der Waals surface area contributed by atoms with E-state index in [1.54, 1.807) is 0 Å². The summed E-state index contributed by atoms with van der Waals surface area (Å²) >= 11 is 0. The van der Waals surface area contributed by atoms with Crippen LogP contribution in [0.5, 0.6) is 0 Å². The first-order valence-corrected chi connectivity index (χ1v) is 8.66. The number of hydrogen-bond donors (Lipinski definition) is 1. The number of benzene rings is 1. The molecule has 0 aliphatic carbocycles. The smallest absolute Gasteiger partial charge is 0.0726 e. The Morgan fingerprint density at radius 3 is 2.70 bits per heavy atom. The summed E-state index contributed by atoms with van der Waals surface area (Å²) < 4.78 is 5.47. The van der Waals surface area contributed by atoms with E-state index in [9.17, 15) is 0 Å². The van der Waals surface area contributed by atoms with E-state index >= 15 is 0 Å². The highest BCUT2D eigenvalue weighted by atomic mass is 16.5. The largest absolute Gasteiger partial charge is 0.380 e. The first-order valence-electron chi connectivity index (χ1n) is 8.66. The Morgan fingerprint density at radius 2 is 1.96 bits per heavy atom. The minimum absolute atomic E-state index is 0.364. The van der Waals surface area contributed by atoms with Crippen molar-refractivity contribution in [2.24, 2.45) is 0 Å². The second-order valence-electron chi connectivity index (χ2n) is 6.35. The third kappa shape index (κ3) is 3.65. The van der Waals surface area contributed by atoms with Gasteiger partial charge >= 0.3 is 0 Å². The third-order valence-corrected chi connectivity index (χ3v) is 4.86. The number of rotatable bonds is 5. The molecule has 1 aliphatic rings. The molecule has 0 amide bonds. The quantitative estimate of drug-likeness (QED) is 0.919. The molecule has 2 heterocycles. The van der Waals surface area contributed by atoms with Crippen molar-refractivity contribution in [3.63, 3.8) is 0 Å². The highest BCUT2D eigenvalue weighted by molar-refractivity contribution is 5.91. The topological polar surface area (TPSA) is 37.4 Å². The molecule has 4 heteroatoms. The fraction of sp³-hybridized carbons (Fsp3) is 0.526. The summed E-state index contributed by atoms with van der Waals surface area (Å²) in [6.45, 7) is 10.4. The van der Waals surface area contributed by atoms with E-state index in [4.69, 9.17) is 9.72 Å². The molecule has 2 atom stereocenters. The summed E-state index contributed by atoms with van der Waals surface area (Å²) in [5.74, 6) is 0. The Bertz CT molecular complexity index is 652. The van der Waals surface area contributed by atoms with Gasteiger partial charge in [-0.2, -0.15) is 0 Å². The Balaban J connectivity index is 1.82. The van der Waals surface area contributed by atoms with E-state index in [0.717, 1.165) is 43.9 Å². The van der Waals surface area contributed by atoms with Gasteiger partial charge in [0.1, 0.15) is 0 Å². The van der Waals surface area contributed by atoms with Gasteiger partial charge in [-0.1, -0.05) is 25.1 Å². The highest BCUT2D eigenvalue weighted by Gasteiger charge is 2.22. The van der Waals surface area contributed by atoms with Crippen molar-refractivity contribution in [2.75, 3.05) is 31.6 Å². The molecule has 4 nitrogen and oxygen atoms in total. The number of nitrogens with zero attached hydrogens (tertiary/aromatic N) is 2. The number of pyridine rings is 1. The van der Waals surface area contributed by atoms with Gasteiger partial charge in [0, 0.05) is 41.9 Å². The van der Waals surface area contributed by atoms with Crippen LogP contribution in [0.25, 0.3) is 10.9 Å². The average molecular weight is 313 g/mol. The van der Waals surface area contributed by atoms with Crippen molar-refractivity contribution in [3.8, 4) is 0 Å². The third-order valence-electron chi connectivity index (χ3n) is 4.86. The second kappa shape index (κ2) is 7.28. The number of fused-ring (bicyclic) bond motifs is 1. The van der Waals surface area contributed by atoms with Crippen LogP contribution in [0.3, 0.4) is 0 Å². The number of anilines is 1. The molecule has 124 valence electrons. The standard InChI is InChI=1S/C19H27N3O/c1-4-16-13-19(17-7-5-6-8-18(17)21-16)20-14(2)15(3)22-9-11-23-12-10-22/h5-8,13-15H,4,9-12H2,1-3H3,(H,20,21). The number of aryl methyl sites for hydroxylation is 1. The Kier molecular flexibility index (Phi) is 5.13. The van der Waals surface area contributed by atoms with E-state index in [2.05, 4.69) is 61.3 Å². The lowest BCUT2D eigenvalue weighted by molar-refractivity contribution is 0.0176. The Morgan fingerprint density at radius 1 is 1.22 bits per heavy atom. The number of para-hydroxylation sites is 1. The van der Waals surface area contributed by atoms with Gasteiger partial charge in [-0.15, -0.1) is 0 Å². The van der Waals surface area contributed by atoms with Crippen molar-refractivity contribution >= 4 is 16.6 Å². The molecule has 0 saturated carbocycles. The van der Waals surface area contributed by atoms with E-state index in [0.29, 0.717) is 12.1 Å². The van der Waals surface area contributed by atoms with Gasteiger partial charge < -0.3 is 10.1 Å². The van der Waals surface area contributed by atoms with Crippen LogP contribution in [-0.2, 0) is 11.2 Å². The van der Waals surface area contributed by atoms with Crippen LogP contribution in [-0.4, -0.2) is 48.3 Å². The van der Waals surface area contributed by atoms with Gasteiger partial charge in [0.15, 0.2) is 0 Å². The normalized spacial score (nSPS) is 18.7. The lowest BCUT2D eigenvalue weighted by Crippen LogP contribution is -2.48. The molecule has 1 N–H and O–H groups in total. The SMILES string of the molecule is CCc1cc(NC(C)C(C)N2CCOCC2)c2ccccc2n1. The van der Waals surface area contributed by atoms with Gasteiger partial charge in [-0.05, 0) is 32.4 Å². The van der Waals surface area contributed by atoms with Crippen LogP contribution in [0.2, 0.25) is 0 Å². The number of hydrogen-bond acceptors (Lipinski definition) is 4. The number of ether oxygens (including phenoxy) is 1. The lowest BCUT2D eigenvalue weighted by atomic mass is 10.1. The predicted octanol–water partition coefficient (Wildman–Crippen LogP) is 3.32. The maximum Gasteiger partial charge on any atom is 0.0726 e. The van der Waals surface area contributed by atoms with E-state index in [-0.39, 0.29) is 0 Å². The minimum Gasteiger partial charge on any atom is -0.380 e. The highest BCUT2D eigenvalue weighted by Crippen LogP contribution is 2.25. The fourth-order valence-electron chi connectivity index (χ4n) is 3.20. The molecule has 23 heavy (non-hydrogen) atoms. The fourth-order valence-corrected chi connectivity index (χ4v) is 3.20.